The van der Waals surface area contributed by atoms with Crippen molar-refractivity contribution in [3.63, 3.8) is 0 Å². The molecule has 2 aliphatic heterocycles. The fourth-order valence-corrected chi connectivity index (χ4v) is 3.54. The summed E-state index contributed by atoms with van der Waals surface area (Å²) in [7, 11) is 0. The highest BCUT2D eigenvalue weighted by molar-refractivity contribution is 5.77. The third-order valence-electron chi connectivity index (χ3n) is 5.10. The number of carbonyl (C=O) groups is 1. The predicted molar refractivity (Wildman–Crippen MR) is 85.3 cm³/mol. The molecule has 0 unspecified atom stereocenters. The first-order chi connectivity index (χ1) is 9.72. The molecule has 0 atom stereocenters. The maximum atomic E-state index is 12.2. The second-order valence-electron chi connectivity index (χ2n) is 8.08. The number of hydrogen-bond acceptors (Lipinski definition) is 3. The summed E-state index contributed by atoms with van der Waals surface area (Å²) in [4.78, 5) is 16.8. The number of hydrogen-bond donors (Lipinski definition) is 0. The molecule has 0 N–H and O–H groups in total. The van der Waals surface area contributed by atoms with Crippen molar-refractivity contribution in [2.24, 2.45) is 5.41 Å². The van der Waals surface area contributed by atoms with Crippen molar-refractivity contribution in [3.05, 3.63) is 0 Å². The molecule has 1 amide bonds. The molecule has 2 rings (SSSR count). The van der Waals surface area contributed by atoms with Crippen LogP contribution in [0.5, 0.6) is 0 Å². The smallest absolute Gasteiger partial charge is 0.248 e. The maximum Gasteiger partial charge on any atom is 0.248 e. The van der Waals surface area contributed by atoms with Crippen LogP contribution in [0.2, 0.25) is 0 Å². The SMILES string of the molecule is CC(C)OCC(=O)N1CCC2(CCN(C(C)(C)C)CC2)C1. The lowest BCUT2D eigenvalue weighted by molar-refractivity contribution is -0.137. The Kier molecular flexibility index (Phi) is 4.99. The van der Waals surface area contributed by atoms with Gasteiger partial charge < -0.3 is 9.64 Å². The van der Waals surface area contributed by atoms with Gasteiger partial charge in [-0.1, -0.05) is 0 Å². The lowest BCUT2D eigenvalue weighted by Gasteiger charge is -2.45. The van der Waals surface area contributed by atoms with E-state index in [1.165, 1.54) is 19.3 Å². The molecule has 0 saturated carbocycles. The fourth-order valence-electron chi connectivity index (χ4n) is 3.54. The molecule has 4 nitrogen and oxygen atoms in total. The molecule has 0 aromatic rings. The first-order valence-corrected chi connectivity index (χ1v) is 8.36. The van der Waals surface area contributed by atoms with E-state index in [1.54, 1.807) is 0 Å². The van der Waals surface area contributed by atoms with Gasteiger partial charge in [0, 0.05) is 18.6 Å². The van der Waals surface area contributed by atoms with Crippen LogP contribution in [0.1, 0.15) is 53.9 Å². The van der Waals surface area contributed by atoms with Crippen LogP contribution in [0.15, 0.2) is 0 Å². The lowest BCUT2D eigenvalue weighted by Crippen LogP contribution is -2.49. The van der Waals surface area contributed by atoms with Gasteiger partial charge in [-0.2, -0.15) is 0 Å². The second kappa shape index (κ2) is 6.25. The number of piperidine rings is 1. The van der Waals surface area contributed by atoms with Gasteiger partial charge in [-0.25, -0.2) is 0 Å². The standard InChI is InChI=1S/C17H32N2O2/c1-14(2)21-12-15(20)18-9-6-17(13-18)7-10-19(11-8-17)16(3,4)5/h14H,6-13H2,1-5H3. The summed E-state index contributed by atoms with van der Waals surface area (Å²) < 4.78 is 5.45. The van der Waals surface area contributed by atoms with E-state index in [1.807, 2.05) is 18.7 Å². The number of amides is 1. The van der Waals surface area contributed by atoms with Gasteiger partial charge in [-0.15, -0.1) is 0 Å². The normalized spacial score (nSPS) is 23.2. The third kappa shape index (κ3) is 4.19. The van der Waals surface area contributed by atoms with E-state index in [2.05, 4.69) is 25.7 Å². The van der Waals surface area contributed by atoms with Crippen molar-refractivity contribution in [1.82, 2.24) is 9.80 Å². The first kappa shape index (κ1) is 16.8. The van der Waals surface area contributed by atoms with Crippen LogP contribution in [-0.4, -0.2) is 60.1 Å². The minimum Gasteiger partial charge on any atom is -0.369 e. The Labute approximate surface area is 129 Å². The minimum absolute atomic E-state index is 0.125. The van der Waals surface area contributed by atoms with Crippen LogP contribution in [0.4, 0.5) is 0 Å². The summed E-state index contributed by atoms with van der Waals surface area (Å²) >= 11 is 0. The van der Waals surface area contributed by atoms with Gasteiger partial charge in [-0.05, 0) is 72.4 Å². The monoisotopic (exact) mass is 296 g/mol. The highest BCUT2D eigenvalue weighted by atomic mass is 16.5. The van der Waals surface area contributed by atoms with Crippen LogP contribution >= 0.6 is 0 Å². The largest absolute Gasteiger partial charge is 0.369 e. The van der Waals surface area contributed by atoms with Crippen molar-refractivity contribution in [2.45, 2.75) is 65.5 Å². The second-order valence-corrected chi connectivity index (χ2v) is 8.08. The molecule has 0 aromatic carbocycles. The molecule has 122 valence electrons. The molecule has 21 heavy (non-hydrogen) atoms. The van der Waals surface area contributed by atoms with Gasteiger partial charge in [0.15, 0.2) is 0 Å². The van der Waals surface area contributed by atoms with E-state index in [0.29, 0.717) is 5.41 Å². The molecule has 2 heterocycles. The number of ether oxygens (including phenoxy) is 1. The van der Waals surface area contributed by atoms with Crippen LogP contribution in [0, 0.1) is 5.41 Å². The van der Waals surface area contributed by atoms with Crippen LogP contribution in [0.25, 0.3) is 0 Å². The van der Waals surface area contributed by atoms with Gasteiger partial charge >= 0.3 is 0 Å². The number of likely N-dealkylation sites (tertiary alicyclic amines) is 2. The summed E-state index contributed by atoms with van der Waals surface area (Å²) in [6.07, 6.45) is 3.73. The minimum atomic E-state index is 0.125. The Bertz CT molecular complexity index is 365. The van der Waals surface area contributed by atoms with E-state index in [4.69, 9.17) is 4.74 Å². The lowest BCUT2D eigenvalue weighted by atomic mass is 9.77. The number of carbonyl (C=O) groups excluding carboxylic acids is 1. The van der Waals surface area contributed by atoms with Gasteiger partial charge in [0.1, 0.15) is 6.61 Å². The predicted octanol–water partition coefficient (Wildman–Crippen LogP) is 2.52. The van der Waals surface area contributed by atoms with Crippen molar-refractivity contribution in [3.8, 4) is 0 Å². The average Bonchev–Trinajstić information content (AvgIpc) is 2.79. The number of rotatable bonds is 3. The average molecular weight is 296 g/mol. The molecule has 0 aliphatic carbocycles. The highest BCUT2D eigenvalue weighted by Gasteiger charge is 2.43. The summed E-state index contributed by atoms with van der Waals surface area (Å²) in [5.74, 6) is 0.166. The molecule has 0 radical (unpaired) electrons. The Hall–Kier alpha value is -0.610. The number of nitrogens with zero attached hydrogens (tertiary/aromatic N) is 2. The van der Waals surface area contributed by atoms with Gasteiger partial charge in [0.05, 0.1) is 6.10 Å². The van der Waals surface area contributed by atoms with Crippen molar-refractivity contribution in [2.75, 3.05) is 32.8 Å². The zero-order chi connectivity index (χ0) is 15.7. The van der Waals surface area contributed by atoms with Gasteiger partial charge in [-0.3, -0.25) is 9.69 Å². The molecule has 1 spiro atoms. The Morgan fingerprint density at radius 2 is 1.71 bits per heavy atom. The fraction of sp³-hybridized carbons (Fsp3) is 0.941. The van der Waals surface area contributed by atoms with E-state index in [-0.39, 0.29) is 24.2 Å². The van der Waals surface area contributed by atoms with Crippen molar-refractivity contribution < 1.29 is 9.53 Å². The molecule has 2 fully saturated rings. The van der Waals surface area contributed by atoms with Gasteiger partial charge in [0.2, 0.25) is 5.91 Å². The maximum absolute atomic E-state index is 12.2. The van der Waals surface area contributed by atoms with Crippen molar-refractivity contribution >= 4 is 5.91 Å². The van der Waals surface area contributed by atoms with Crippen LogP contribution in [0.3, 0.4) is 0 Å². The summed E-state index contributed by atoms with van der Waals surface area (Å²) in [5.41, 5.74) is 0.635. The zero-order valence-corrected chi connectivity index (χ0v) is 14.4. The molecule has 4 heteroatoms. The Morgan fingerprint density at radius 1 is 1.14 bits per heavy atom. The van der Waals surface area contributed by atoms with Crippen molar-refractivity contribution in [1.29, 1.82) is 0 Å². The third-order valence-corrected chi connectivity index (χ3v) is 5.10. The summed E-state index contributed by atoms with van der Waals surface area (Å²) in [5, 5.41) is 0. The molecule has 0 bridgehead atoms. The van der Waals surface area contributed by atoms with Crippen LogP contribution in [-0.2, 0) is 9.53 Å². The Balaban J connectivity index is 1.84. The molecular formula is C17H32N2O2. The quantitative estimate of drug-likeness (QED) is 0.802. The van der Waals surface area contributed by atoms with E-state index in [0.717, 1.165) is 26.2 Å². The zero-order valence-electron chi connectivity index (χ0n) is 14.4. The van der Waals surface area contributed by atoms with Crippen LogP contribution < -0.4 is 0 Å². The topological polar surface area (TPSA) is 32.8 Å². The van der Waals surface area contributed by atoms with Gasteiger partial charge in [0.25, 0.3) is 0 Å². The molecule has 2 saturated heterocycles. The summed E-state index contributed by atoms with van der Waals surface area (Å²) in [6.45, 7) is 15.2. The van der Waals surface area contributed by atoms with E-state index < -0.39 is 0 Å². The molecule has 0 aromatic heterocycles. The first-order valence-electron chi connectivity index (χ1n) is 8.36. The molecular weight excluding hydrogens is 264 g/mol. The highest BCUT2D eigenvalue weighted by Crippen LogP contribution is 2.41. The molecule has 2 aliphatic rings. The Morgan fingerprint density at radius 3 is 2.24 bits per heavy atom. The van der Waals surface area contributed by atoms with E-state index in [9.17, 15) is 4.79 Å². The summed E-state index contributed by atoms with van der Waals surface area (Å²) in [6, 6.07) is 0. The van der Waals surface area contributed by atoms with E-state index >= 15 is 0 Å².